The summed E-state index contributed by atoms with van der Waals surface area (Å²) in [6.45, 7) is 3.43. The Kier molecular flexibility index (Phi) is 6.82. The summed E-state index contributed by atoms with van der Waals surface area (Å²) in [6.07, 6.45) is -8.88. The molecule has 0 heterocycles. The van der Waals surface area contributed by atoms with Crippen LogP contribution in [0.3, 0.4) is 0 Å². The smallest absolute Gasteiger partial charge is 0.368 e. The lowest BCUT2D eigenvalue weighted by Gasteiger charge is -2.16. The molecule has 26 heavy (non-hydrogen) atoms. The molecule has 10 heteroatoms. The van der Waals surface area contributed by atoms with Crippen molar-refractivity contribution >= 4 is 11.8 Å². The topological polar surface area (TPSA) is 72.2 Å². The van der Waals surface area contributed by atoms with Gasteiger partial charge in [-0.05, 0) is 36.6 Å². The summed E-state index contributed by atoms with van der Waals surface area (Å²) in [5.41, 5.74) is 1.57. The van der Waals surface area contributed by atoms with Crippen molar-refractivity contribution in [3.8, 4) is 0 Å². The summed E-state index contributed by atoms with van der Waals surface area (Å²) in [7, 11) is 0. The van der Waals surface area contributed by atoms with Gasteiger partial charge in [-0.2, -0.15) is 26.3 Å². The van der Waals surface area contributed by atoms with Crippen LogP contribution in [0, 0.1) is 0 Å². The first-order chi connectivity index (χ1) is 11.8. The number of allylic oxidation sites excluding steroid dienone is 1. The molecule has 1 aromatic carbocycles. The number of rotatable bonds is 7. The summed E-state index contributed by atoms with van der Waals surface area (Å²) in [5, 5.41) is 2.19. The molecular formula is C16H16F6N2O2. The predicted molar refractivity (Wildman–Crippen MR) is 80.7 cm³/mol. The number of primary amides is 1. The van der Waals surface area contributed by atoms with E-state index in [4.69, 9.17) is 5.73 Å². The van der Waals surface area contributed by atoms with Gasteiger partial charge in [0.2, 0.25) is 11.8 Å². The molecule has 4 nitrogen and oxygen atoms in total. The highest BCUT2D eigenvalue weighted by Crippen LogP contribution is 2.36. The largest absolute Gasteiger partial charge is 0.416 e. The van der Waals surface area contributed by atoms with E-state index in [0.717, 1.165) is 0 Å². The Labute approximate surface area is 145 Å². The van der Waals surface area contributed by atoms with E-state index in [0.29, 0.717) is 18.6 Å². The van der Waals surface area contributed by atoms with Crippen LogP contribution in [0.5, 0.6) is 0 Å². The maximum Gasteiger partial charge on any atom is 0.416 e. The van der Waals surface area contributed by atoms with E-state index in [9.17, 15) is 35.9 Å². The number of hydrogen-bond acceptors (Lipinski definition) is 2. The number of benzene rings is 1. The summed E-state index contributed by atoms with van der Waals surface area (Å²) >= 11 is 0. The molecule has 1 rings (SSSR count). The molecule has 1 aromatic rings. The van der Waals surface area contributed by atoms with E-state index in [1.807, 2.05) is 0 Å². The zero-order valence-corrected chi connectivity index (χ0v) is 13.4. The molecule has 144 valence electrons. The quantitative estimate of drug-likeness (QED) is 0.562. The fraction of sp³-hybridized carbons (Fsp3) is 0.375. The first-order valence-corrected chi connectivity index (χ1v) is 7.32. The number of amides is 2. The van der Waals surface area contributed by atoms with E-state index in [1.54, 1.807) is 0 Å². The van der Waals surface area contributed by atoms with E-state index in [1.165, 1.54) is 6.08 Å². The van der Waals surface area contributed by atoms with Gasteiger partial charge in [0.05, 0.1) is 17.5 Å². The summed E-state index contributed by atoms with van der Waals surface area (Å²) in [5.74, 6) is -1.80. The monoisotopic (exact) mass is 382 g/mol. The van der Waals surface area contributed by atoms with Gasteiger partial charge < -0.3 is 11.1 Å². The highest BCUT2D eigenvalue weighted by atomic mass is 19.4. The van der Waals surface area contributed by atoms with Crippen molar-refractivity contribution in [1.82, 2.24) is 5.32 Å². The second kappa shape index (κ2) is 8.24. The molecule has 0 fully saturated rings. The van der Waals surface area contributed by atoms with Crippen LogP contribution in [-0.4, -0.2) is 17.9 Å². The molecule has 0 bridgehead atoms. The maximum absolute atomic E-state index is 12.8. The number of carbonyl (C=O) groups excluding carboxylic acids is 2. The fourth-order valence-corrected chi connectivity index (χ4v) is 2.12. The van der Waals surface area contributed by atoms with Crippen molar-refractivity contribution < 1.29 is 35.9 Å². The molecule has 0 saturated heterocycles. The van der Waals surface area contributed by atoms with Crippen molar-refractivity contribution in [2.45, 2.75) is 37.7 Å². The van der Waals surface area contributed by atoms with Gasteiger partial charge in [0.25, 0.3) is 0 Å². The van der Waals surface area contributed by atoms with E-state index >= 15 is 0 Å². The number of nitrogens with one attached hydrogen (secondary N) is 1. The Hall–Kier alpha value is -2.52. The first-order valence-electron chi connectivity index (χ1n) is 7.32. The lowest BCUT2D eigenvalue weighted by Crippen LogP contribution is -2.44. The summed E-state index contributed by atoms with van der Waals surface area (Å²) in [6, 6.07) is -0.221. The van der Waals surface area contributed by atoms with Crippen LogP contribution in [0.4, 0.5) is 26.3 Å². The molecule has 0 unspecified atom stereocenters. The zero-order valence-electron chi connectivity index (χ0n) is 13.4. The average molecular weight is 382 g/mol. The van der Waals surface area contributed by atoms with Gasteiger partial charge in [-0.1, -0.05) is 6.08 Å². The number of halogens is 6. The maximum atomic E-state index is 12.8. The standard InChI is InChI=1S/C16H16F6N2O2/c1-2-3-4-12(14(23)26)24-13(25)7-9-5-10(15(17,18)19)8-11(6-9)16(20,21)22/h2,5-6,8,12H,1,3-4,7H2,(H2,23,26)(H,24,25)/t12-/m1/s1. The van der Waals surface area contributed by atoms with Crippen LogP contribution < -0.4 is 11.1 Å². The Morgan fingerprint density at radius 2 is 1.58 bits per heavy atom. The van der Waals surface area contributed by atoms with Gasteiger partial charge in [-0.25, -0.2) is 0 Å². The SMILES string of the molecule is C=CCC[C@@H](NC(=O)Cc1cc(C(F)(F)F)cc(C(F)(F)F)c1)C(N)=O. The fourth-order valence-electron chi connectivity index (χ4n) is 2.12. The zero-order chi connectivity index (χ0) is 20.1. The van der Waals surface area contributed by atoms with Gasteiger partial charge in [0.15, 0.2) is 0 Å². The Bertz CT molecular complexity index is 650. The number of hydrogen-bond donors (Lipinski definition) is 2. The Morgan fingerprint density at radius 1 is 1.08 bits per heavy atom. The molecule has 0 aliphatic carbocycles. The molecule has 0 aromatic heterocycles. The van der Waals surface area contributed by atoms with Gasteiger partial charge in [0.1, 0.15) is 6.04 Å². The number of carbonyl (C=O) groups is 2. The highest BCUT2D eigenvalue weighted by Gasteiger charge is 2.37. The molecule has 3 N–H and O–H groups in total. The Morgan fingerprint density at radius 3 is 1.96 bits per heavy atom. The van der Waals surface area contributed by atoms with Gasteiger partial charge in [-0.15, -0.1) is 6.58 Å². The Balaban J connectivity index is 3.05. The second-order valence-electron chi connectivity index (χ2n) is 5.48. The van der Waals surface area contributed by atoms with Crippen LogP contribution in [-0.2, 0) is 28.4 Å². The molecule has 0 saturated carbocycles. The molecule has 0 aliphatic rings. The van der Waals surface area contributed by atoms with Gasteiger partial charge >= 0.3 is 12.4 Å². The summed E-state index contributed by atoms with van der Waals surface area (Å²) in [4.78, 5) is 23.1. The van der Waals surface area contributed by atoms with Crippen LogP contribution in [0.15, 0.2) is 30.9 Å². The third-order valence-electron chi connectivity index (χ3n) is 3.35. The van der Waals surface area contributed by atoms with Crippen LogP contribution in [0.2, 0.25) is 0 Å². The lowest BCUT2D eigenvalue weighted by atomic mass is 10.0. The minimum Gasteiger partial charge on any atom is -0.368 e. The molecule has 0 aliphatic heterocycles. The highest BCUT2D eigenvalue weighted by molar-refractivity contribution is 5.87. The van der Waals surface area contributed by atoms with Gasteiger partial charge in [0, 0.05) is 0 Å². The minimum atomic E-state index is -5.01. The number of nitrogens with two attached hydrogens (primary N) is 1. The van der Waals surface area contributed by atoms with Crippen molar-refractivity contribution in [3.63, 3.8) is 0 Å². The van der Waals surface area contributed by atoms with Crippen LogP contribution in [0.1, 0.15) is 29.5 Å². The second-order valence-corrected chi connectivity index (χ2v) is 5.48. The van der Waals surface area contributed by atoms with E-state index in [2.05, 4.69) is 11.9 Å². The normalized spacial score (nSPS) is 13.2. The third kappa shape index (κ3) is 6.41. The van der Waals surface area contributed by atoms with Crippen LogP contribution >= 0.6 is 0 Å². The predicted octanol–water partition coefficient (Wildman–Crippen LogP) is 3.20. The molecular weight excluding hydrogens is 366 g/mol. The number of alkyl halides is 6. The minimum absolute atomic E-state index is 0.0301. The molecule has 0 radical (unpaired) electrons. The molecule has 2 amide bonds. The lowest BCUT2D eigenvalue weighted by molar-refractivity contribution is -0.143. The van der Waals surface area contributed by atoms with Crippen molar-refractivity contribution in [1.29, 1.82) is 0 Å². The average Bonchev–Trinajstić information content (AvgIpc) is 2.49. The van der Waals surface area contributed by atoms with Crippen LogP contribution in [0.25, 0.3) is 0 Å². The first kappa shape index (κ1) is 21.5. The van der Waals surface area contributed by atoms with E-state index < -0.39 is 53.3 Å². The third-order valence-corrected chi connectivity index (χ3v) is 3.35. The van der Waals surface area contributed by atoms with Crippen molar-refractivity contribution in [3.05, 3.63) is 47.5 Å². The molecule has 0 spiro atoms. The van der Waals surface area contributed by atoms with Crippen molar-refractivity contribution in [2.75, 3.05) is 0 Å². The van der Waals surface area contributed by atoms with Gasteiger partial charge in [-0.3, -0.25) is 9.59 Å². The van der Waals surface area contributed by atoms with E-state index in [-0.39, 0.29) is 12.5 Å². The van der Waals surface area contributed by atoms with Crippen molar-refractivity contribution in [2.24, 2.45) is 5.73 Å². The molecule has 1 atom stereocenters. The summed E-state index contributed by atoms with van der Waals surface area (Å²) < 4.78 is 76.7.